The van der Waals surface area contributed by atoms with Crippen molar-refractivity contribution in [2.75, 3.05) is 11.4 Å². The van der Waals surface area contributed by atoms with Crippen LogP contribution in [0, 0.1) is 0 Å². The quantitative estimate of drug-likeness (QED) is 0.695. The second-order valence-electron chi connectivity index (χ2n) is 5.13. The summed E-state index contributed by atoms with van der Waals surface area (Å²) < 4.78 is 0. The molecule has 0 spiro atoms. The molecule has 5 heteroatoms. The van der Waals surface area contributed by atoms with E-state index in [9.17, 15) is 14.4 Å². The average Bonchev–Trinajstić information content (AvgIpc) is 2.78. The lowest BCUT2D eigenvalue weighted by atomic mass is 10.1. The molecule has 1 aliphatic rings. The Morgan fingerprint density at radius 1 is 1.00 bits per heavy atom. The number of rotatable bonds is 4. The molecule has 1 amide bonds. The van der Waals surface area contributed by atoms with Crippen LogP contribution >= 0.6 is 0 Å². The number of ketones is 1. The van der Waals surface area contributed by atoms with Gasteiger partial charge >= 0.3 is 5.97 Å². The summed E-state index contributed by atoms with van der Waals surface area (Å²) in [5, 5.41) is 8.85. The van der Waals surface area contributed by atoms with Crippen LogP contribution in [-0.4, -0.2) is 29.3 Å². The van der Waals surface area contributed by atoms with Gasteiger partial charge in [0, 0.05) is 0 Å². The van der Waals surface area contributed by atoms with Gasteiger partial charge in [-0.2, -0.15) is 0 Å². The van der Waals surface area contributed by atoms with Gasteiger partial charge in [-0.15, -0.1) is 0 Å². The lowest BCUT2D eigenvalue weighted by Gasteiger charge is -2.13. The van der Waals surface area contributed by atoms with E-state index in [1.807, 2.05) is 42.5 Å². The molecule has 0 radical (unpaired) electrons. The molecule has 23 heavy (non-hydrogen) atoms. The first-order valence-electron chi connectivity index (χ1n) is 7.01. The predicted molar refractivity (Wildman–Crippen MR) is 86.1 cm³/mol. The molecule has 1 N–H and O–H groups in total. The van der Waals surface area contributed by atoms with Gasteiger partial charge in [-0.1, -0.05) is 48.6 Å². The molecule has 0 atom stereocenters. The lowest BCUT2D eigenvalue weighted by Crippen LogP contribution is -2.34. The Morgan fingerprint density at radius 3 is 2.39 bits per heavy atom. The van der Waals surface area contributed by atoms with Crippen molar-refractivity contribution in [2.24, 2.45) is 0 Å². The van der Waals surface area contributed by atoms with Gasteiger partial charge in [-0.05, 0) is 23.3 Å². The van der Waals surface area contributed by atoms with Crippen molar-refractivity contribution in [1.82, 2.24) is 0 Å². The Balaban J connectivity index is 1.91. The summed E-state index contributed by atoms with van der Waals surface area (Å²) in [7, 11) is 0. The second kappa shape index (κ2) is 5.88. The van der Waals surface area contributed by atoms with Gasteiger partial charge in [0.25, 0.3) is 11.7 Å². The van der Waals surface area contributed by atoms with Gasteiger partial charge in [0.15, 0.2) is 0 Å². The molecule has 0 saturated carbocycles. The van der Waals surface area contributed by atoms with Crippen molar-refractivity contribution in [1.29, 1.82) is 0 Å². The molecular formula is C18H13NO4. The number of carboxylic acids is 1. The molecule has 0 bridgehead atoms. The Labute approximate surface area is 132 Å². The van der Waals surface area contributed by atoms with Crippen LogP contribution in [0.3, 0.4) is 0 Å². The van der Waals surface area contributed by atoms with Crippen molar-refractivity contribution in [3.63, 3.8) is 0 Å². The van der Waals surface area contributed by atoms with Crippen LogP contribution in [0.15, 0.2) is 48.5 Å². The zero-order valence-corrected chi connectivity index (χ0v) is 12.1. The maximum Gasteiger partial charge on any atom is 0.323 e. The summed E-state index contributed by atoms with van der Waals surface area (Å²) in [5.74, 6) is -2.63. The minimum Gasteiger partial charge on any atom is -0.480 e. The Bertz CT molecular complexity index is 824. The van der Waals surface area contributed by atoms with Gasteiger partial charge in [0.2, 0.25) is 0 Å². The van der Waals surface area contributed by atoms with Crippen molar-refractivity contribution in [3.8, 4) is 0 Å². The monoisotopic (exact) mass is 307 g/mol. The van der Waals surface area contributed by atoms with E-state index in [0.717, 1.165) is 16.0 Å². The fourth-order valence-corrected chi connectivity index (χ4v) is 2.47. The lowest BCUT2D eigenvalue weighted by molar-refractivity contribution is -0.136. The minimum atomic E-state index is -1.16. The standard InChI is InChI=1S/C18H13NO4/c20-16(21)11-19-15-9-8-13(10-14(15)17(22)18(19)23)7-6-12-4-2-1-3-5-12/h1-10H,11H2,(H,20,21)/b7-6+. The minimum absolute atomic E-state index is 0.242. The Hall–Kier alpha value is -3.21. The molecule has 1 heterocycles. The van der Waals surface area contributed by atoms with E-state index in [4.69, 9.17) is 5.11 Å². The Kier molecular flexibility index (Phi) is 3.76. The molecule has 0 aromatic heterocycles. The first-order chi connectivity index (χ1) is 11.1. The highest BCUT2D eigenvalue weighted by molar-refractivity contribution is 6.52. The van der Waals surface area contributed by atoms with Gasteiger partial charge < -0.3 is 5.11 Å². The highest BCUT2D eigenvalue weighted by Gasteiger charge is 2.36. The highest BCUT2D eigenvalue weighted by atomic mass is 16.4. The number of carbonyl (C=O) groups is 3. The van der Waals surface area contributed by atoms with E-state index in [1.165, 1.54) is 0 Å². The number of anilines is 1. The summed E-state index contributed by atoms with van der Waals surface area (Å²) in [6.45, 7) is -0.517. The van der Waals surface area contributed by atoms with Gasteiger partial charge in [-0.3, -0.25) is 19.3 Å². The first-order valence-corrected chi connectivity index (χ1v) is 7.01. The van der Waals surface area contributed by atoms with Gasteiger partial charge in [0.1, 0.15) is 6.54 Å². The molecule has 0 fully saturated rings. The maximum atomic E-state index is 12.0. The van der Waals surface area contributed by atoms with Gasteiger partial charge in [0.05, 0.1) is 11.3 Å². The third-order valence-corrected chi connectivity index (χ3v) is 3.56. The summed E-state index contributed by atoms with van der Waals surface area (Å²) in [5.41, 5.74) is 2.37. The zero-order valence-electron chi connectivity index (χ0n) is 12.1. The van der Waals surface area contributed by atoms with E-state index < -0.39 is 24.2 Å². The third-order valence-electron chi connectivity index (χ3n) is 3.56. The van der Waals surface area contributed by atoms with Crippen molar-refractivity contribution < 1.29 is 19.5 Å². The number of nitrogens with zero attached hydrogens (tertiary/aromatic N) is 1. The fraction of sp³-hybridized carbons (Fsp3) is 0.0556. The van der Waals surface area contributed by atoms with E-state index >= 15 is 0 Å². The van der Waals surface area contributed by atoms with Gasteiger partial charge in [-0.25, -0.2) is 0 Å². The van der Waals surface area contributed by atoms with Crippen LogP contribution in [0.25, 0.3) is 12.2 Å². The maximum absolute atomic E-state index is 12.0. The van der Waals surface area contributed by atoms with Crippen LogP contribution < -0.4 is 4.90 Å². The number of carbonyl (C=O) groups excluding carboxylic acids is 2. The fourth-order valence-electron chi connectivity index (χ4n) is 2.47. The largest absolute Gasteiger partial charge is 0.480 e. The summed E-state index contributed by atoms with van der Waals surface area (Å²) in [4.78, 5) is 35.7. The number of fused-ring (bicyclic) bond motifs is 1. The average molecular weight is 307 g/mol. The SMILES string of the molecule is O=C(O)CN1C(=O)C(=O)c2cc(/C=C/c3ccccc3)ccc21. The molecule has 5 nitrogen and oxygen atoms in total. The molecular weight excluding hydrogens is 294 g/mol. The zero-order chi connectivity index (χ0) is 16.4. The summed E-state index contributed by atoms with van der Waals surface area (Å²) >= 11 is 0. The van der Waals surface area contributed by atoms with Crippen molar-refractivity contribution in [3.05, 3.63) is 65.2 Å². The molecule has 2 aromatic carbocycles. The molecule has 114 valence electrons. The van der Waals surface area contributed by atoms with E-state index in [1.54, 1.807) is 18.2 Å². The molecule has 0 aliphatic carbocycles. The van der Waals surface area contributed by atoms with E-state index in [-0.39, 0.29) is 5.56 Å². The highest BCUT2D eigenvalue weighted by Crippen LogP contribution is 2.30. The number of aliphatic carboxylic acids is 1. The number of Topliss-reactive ketones (excluding diaryl/α,β-unsaturated/α-hetero) is 1. The first kappa shape index (κ1) is 14.7. The predicted octanol–water partition coefficient (Wildman–Crippen LogP) is 2.47. The van der Waals surface area contributed by atoms with Crippen molar-refractivity contribution >= 4 is 35.5 Å². The smallest absolute Gasteiger partial charge is 0.323 e. The second-order valence-corrected chi connectivity index (χ2v) is 5.13. The Morgan fingerprint density at radius 2 is 1.70 bits per heavy atom. The number of benzene rings is 2. The molecule has 0 saturated heterocycles. The van der Waals surface area contributed by atoms with Crippen LogP contribution in [0.4, 0.5) is 5.69 Å². The summed E-state index contributed by atoms with van der Waals surface area (Å²) in [6, 6.07) is 14.6. The van der Waals surface area contributed by atoms with E-state index in [2.05, 4.69) is 0 Å². The number of hydrogen-bond acceptors (Lipinski definition) is 3. The number of amides is 1. The normalized spacial score (nSPS) is 13.7. The van der Waals surface area contributed by atoms with Crippen LogP contribution in [0.5, 0.6) is 0 Å². The molecule has 3 rings (SSSR count). The van der Waals surface area contributed by atoms with Crippen LogP contribution in [-0.2, 0) is 9.59 Å². The topological polar surface area (TPSA) is 74.7 Å². The third kappa shape index (κ3) is 2.89. The molecule has 1 aliphatic heterocycles. The van der Waals surface area contributed by atoms with Crippen LogP contribution in [0.1, 0.15) is 21.5 Å². The molecule has 2 aromatic rings. The van der Waals surface area contributed by atoms with Crippen molar-refractivity contribution in [2.45, 2.75) is 0 Å². The van der Waals surface area contributed by atoms with E-state index in [0.29, 0.717) is 5.69 Å². The van der Waals surface area contributed by atoms with Crippen LogP contribution in [0.2, 0.25) is 0 Å². The number of hydrogen-bond donors (Lipinski definition) is 1. The molecule has 0 unspecified atom stereocenters. The number of carboxylic acid groups (broad SMARTS) is 1. The summed E-state index contributed by atoms with van der Waals surface area (Å²) in [6.07, 6.45) is 3.74.